The van der Waals surface area contributed by atoms with Crippen LogP contribution < -0.4 is 0 Å². The Morgan fingerprint density at radius 2 is 1.12 bits per heavy atom. The topological polar surface area (TPSA) is 207 Å². The van der Waals surface area contributed by atoms with Gasteiger partial charge < -0.3 is 55.1 Å². The van der Waals surface area contributed by atoms with E-state index in [1.807, 2.05) is 0 Å². The van der Waals surface area contributed by atoms with E-state index in [4.69, 9.17) is 14.2 Å². The predicted molar refractivity (Wildman–Crippen MR) is 143 cm³/mol. The van der Waals surface area contributed by atoms with Crippen molar-refractivity contribution in [3.8, 4) is 0 Å². The Bertz CT molecular complexity index is 723. The van der Waals surface area contributed by atoms with Gasteiger partial charge >= 0.3 is 0 Å². The lowest BCUT2D eigenvalue weighted by Crippen LogP contribution is -2.72. The number of aliphatic hydroxyl groups excluding tert-OH is 8. The molecule has 0 aromatic heterocycles. The molecule has 0 aromatic carbocycles. The number of Topliss-reactive ketones (excluding diaryl/α,β-unsaturated/α-hetero) is 1. The lowest BCUT2D eigenvalue weighted by molar-refractivity contribution is -0.416. The monoisotopic (exact) mass is 580 g/mol. The third-order valence-corrected chi connectivity index (χ3v) is 8.08. The average molecular weight is 581 g/mol. The standard InChI is InChI=1S/C28H52O12/c1-2-3-4-5-6-7-8-9-10-11-12-13-14-15-21(32)28(26(37)24(35)22(33)19(16-29)39-28)40-27(18-31)25(36)23(34)20(17-30)38-27/h19-20,22-26,29-31,33-37H,2-18H2,1H3/t19-,20-,22-,23-,24+,25+,26-,27?,28+/m1/s1. The van der Waals surface area contributed by atoms with Crippen molar-refractivity contribution in [3.05, 3.63) is 0 Å². The molecular weight excluding hydrogens is 528 g/mol. The van der Waals surface area contributed by atoms with Crippen molar-refractivity contribution < 1.29 is 59.9 Å². The quantitative estimate of drug-likeness (QED) is 0.0898. The summed E-state index contributed by atoms with van der Waals surface area (Å²) in [5.41, 5.74) is 0. The van der Waals surface area contributed by atoms with Gasteiger partial charge in [0, 0.05) is 6.42 Å². The molecule has 2 heterocycles. The number of carbonyl (C=O) groups is 1. The van der Waals surface area contributed by atoms with E-state index in [-0.39, 0.29) is 6.42 Å². The van der Waals surface area contributed by atoms with Crippen LogP contribution in [0.1, 0.15) is 96.8 Å². The van der Waals surface area contributed by atoms with Crippen LogP contribution in [0.3, 0.4) is 0 Å². The van der Waals surface area contributed by atoms with Gasteiger partial charge in [0.25, 0.3) is 5.79 Å². The van der Waals surface area contributed by atoms with Crippen LogP contribution in [0.25, 0.3) is 0 Å². The van der Waals surface area contributed by atoms with Gasteiger partial charge in [-0.1, -0.05) is 84.0 Å². The van der Waals surface area contributed by atoms with Gasteiger partial charge in [-0.25, -0.2) is 0 Å². The molecule has 2 aliphatic heterocycles. The first-order chi connectivity index (χ1) is 19.1. The summed E-state index contributed by atoms with van der Waals surface area (Å²) < 4.78 is 16.6. The SMILES string of the molecule is CCCCCCCCCCCCCCCC(=O)[C@@]1(OC2(CO)O[C@H](CO)[C@@H](O)[C@@H]2O)O[C@H](CO)[C@@H](O)[C@H](O)[C@H]1O. The van der Waals surface area contributed by atoms with Crippen LogP contribution >= 0.6 is 0 Å². The molecule has 0 bridgehead atoms. The molecule has 0 aromatic rings. The van der Waals surface area contributed by atoms with E-state index in [9.17, 15) is 45.6 Å². The molecule has 0 aliphatic carbocycles. The Morgan fingerprint density at radius 1 is 0.650 bits per heavy atom. The molecule has 40 heavy (non-hydrogen) atoms. The molecular formula is C28H52O12. The Kier molecular flexibility index (Phi) is 15.4. The zero-order valence-electron chi connectivity index (χ0n) is 23.8. The van der Waals surface area contributed by atoms with Crippen molar-refractivity contribution in [1.29, 1.82) is 0 Å². The van der Waals surface area contributed by atoms with Gasteiger partial charge in [-0.2, -0.15) is 0 Å². The van der Waals surface area contributed by atoms with Gasteiger partial charge in [0.15, 0.2) is 5.78 Å². The number of hydrogen-bond donors (Lipinski definition) is 8. The van der Waals surface area contributed by atoms with Crippen LogP contribution in [-0.2, 0) is 19.0 Å². The summed E-state index contributed by atoms with van der Waals surface area (Å²) in [6, 6.07) is 0. The number of ether oxygens (including phenoxy) is 3. The molecule has 2 rings (SSSR count). The van der Waals surface area contributed by atoms with Gasteiger partial charge in [-0.15, -0.1) is 0 Å². The number of hydrogen-bond acceptors (Lipinski definition) is 12. The predicted octanol–water partition coefficient (Wildman–Crippen LogP) is 0.0250. The average Bonchev–Trinajstić information content (AvgIpc) is 3.20. The van der Waals surface area contributed by atoms with E-state index in [0.29, 0.717) is 12.8 Å². The highest BCUT2D eigenvalue weighted by molar-refractivity contribution is 5.87. The minimum atomic E-state index is -2.75. The van der Waals surface area contributed by atoms with Crippen molar-refractivity contribution in [3.63, 3.8) is 0 Å². The molecule has 12 heteroatoms. The van der Waals surface area contributed by atoms with Gasteiger partial charge in [0.1, 0.15) is 49.3 Å². The maximum absolute atomic E-state index is 13.5. The molecule has 8 N–H and O–H groups in total. The summed E-state index contributed by atoms with van der Waals surface area (Å²) in [5.74, 6) is -6.13. The molecule has 9 atom stereocenters. The van der Waals surface area contributed by atoms with Crippen LogP contribution in [-0.4, -0.2) is 121 Å². The first kappa shape index (κ1) is 35.4. The first-order valence-electron chi connectivity index (χ1n) is 15.0. The van der Waals surface area contributed by atoms with E-state index in [0.717, 1.165) is 19.3 Å². The summed E-state index contributed by atoms with van der Waals surface area (Å²) in [6.45, 7) is -0.513. The molecule has 12 nitrogen and oxygen atoms in total. The molecule has 1 unspecified atom stereocenters. The Morgan fingerprint density at radius 3 is 1.57 bits per heavy atom. The highest BCUT2D eigenvalue weighted by Crippen LogP contribution is 2.42. The van der Waals surface area contributed by atoms with E-state index < -0.39 is 79.9 Å². The summed E-state index contributed by atoms with van der Waals surface area (Å²) in [4.78, 5) is 13.5. The summed E-state index contributed by atoms with van der Waals surface area (Å²) in [6.07, 6.45) is 1.39. The number of carbonyl (C=O) groups excluding carboxylic acids is 1. The molecule has 2 fully saturated rings. The normalized spacial score (nSPS) is 36.3. The molecule has 0 spiro atoms. The van der Waals surface area contributed by atoms with Crippen LogP contribution in [0, 0.1) is 0 Å². The van der Waals surface area contributed by atoms with Crippen molar-refractivity contribution in [2.75, 3.05) is 19.8 Å². The number of aliphatic hydroxyl groups is 8. The van der Waals surface area contributed by atoms with Crippen LogP contribution in [0.15, 0.2) is 0 Å². The van der Waals surface area contributed by atoms with Crippen molar-refractivity contribution in [2.24, 2.45) is 0 Å². The summed E-state index contributed by atoms with van der Waals surface area (Å²) in [5, 5.41) is 81.6. The fourth-order valence-corrected chi connectivity index (χ4v) is 5.50. The largest absolute Gasteiger partial charge is 0.394 e. The lowest BCUT2D eigenvalue weighted by atomic mass is 9.87. The lowest BCUT2D eigenvalue weighted by Gasteiger charge is -2.50. The minimum Gasteiger partial charge on any atom is -0.394 e. The van der Waals surface area contributed by atoms with E-state index in [2.05, 4.69) is 6.92 Å². The number of ketones is 1. The Balaban J connectivity index is 1.98. The van der Waals surface area contributed by atoms with Gasteiger partial charge in [0.05, 0.1) is 13.2 Å². The minimum absolute atomic E-state index is 0.181. The fraction of sp³-hybridized carbons (Fsp3) is 0.964. The van der Waals surface area contributed by atoms with Crippen LogP contribution in [0.2, 0.25) is 0 Å². The molecule has 0 radical (unpaired) electrons. The highest BCUT2D eigenvalue weighted by atomic mass is 16.8. The van der Waals surface area contributed by atoms with Crippen LogP contribution in [0.5, 0.6) is 0 Å². The van der Waals surface area contributed by atoms with Crippen molar-refractivity contribution >= 4 is 5.78 Å². The number of unbranched alkanes of at least 4 members (excludes halogenated alkanes) is 12. The molecule has 236 valence electrons. The van der Waals surface area contributed by atoms with Gasteiger partial charge in [-0.05, 0) is 6.42 Å². The van der Waals surface area contributed by atoms with Gasteiger partial charge in [-0.3, -0.25) is 4.79 Å². The molecule has 2 saturated heterocycles. The zero-order valence-corrected chi connectivity index (χ0v) is 23.8. The maximum Gasteiger partial charge on any atom is 0.261 e. The third-order valence-electron chi connectivity index (χ3n) is 8.08. The molecule has 2 aliphatic rings. The second-order valence-corrected chi connectivity index (χ2v) is 11.2. The molecule has 0 amide bonds. The van der Waals surface area contributed by atoms with Crippen molar-refractivity contribution in [2.45, 2.75) is 151 Å². The Hall–Kier alpha value is -0.770. The third kappa shape index (κ3) is 8.63. The first-order valence-corrected chi connectivity index (χ1v) is 15.0. The van der Waals surface area contributed by atoms with E-state index in [1.165, 1.54) is 51.4 Å². The second-order valence-electron chi connectivity index (χ2n) is 11.2. The maximum atomic E-state index is 13.5. The number of rotatable bonds is 20. The van der Waals surface area contributed by atoms with Gasteiger partial charge in [0.2, 0.25) is 5.79 Å². The highest BCUT2D eigenvalue weighted by Gasteiger charge is 2.65. The zero-order chi connectivity index (χ0) is 29.8. The molecule has 0 saturated carbocycles. The van der Waals surface area contributed by atoms with E-state index >= 15 is 0 Å². The summed E-state index contributed by atoms with van der Waals surface area (Å²) in [7, 11) is 0. The van der Waals surface area contributed by atoms with Crippen molar-refractivity contribution in [1.82, 2.24) is 0 Å². The second kappa shape index (κ2) is 17.4. The smallest absolute Gasteiger partial charge is 0.261 e. The van der Waals surface area contributed by atoms with Crippen LogP contribution in [0.4, 0.5) is 0 Å². The summed E-state index contributed by atoms with van der Waals surface area (Å²) >= 11 is 0. The fourth-order valence-electron chi connectivity index (χ4n) is 5.50. The Labute approximate surface area is 236 Å². The van der Waals surface area contributed by atoms with E-state index in [1.54, 1.807) is 0 Å².